The van der Waals surface area contributed by atoms with Crippen LogP contribution < -0.4 is 5.73 Å². The zero-order chi connectivity index (χ0) is 16.8. The molecule has 0 radical (unpaired) electrons. The standard InChI is InChI=1S/C21H31NO/c1-19(21(23)17-18-22)13-9-6-4-2-3-5-7-10-14-20-15-11-8-12-16-20/h2-3,8,11-12,15-16,19,21,23H,4,6,9-10,13-14,17-18,22H2,1H3. The number of aliphatic hydroxyl groups is 1. The number of benzene rings is 1. The molecular formula is C21H31NO. The smallest absolute Gasteiger partial charge is 0.0577 e. The maximum absolute atomic E-state index is 9.81. The minimum Gasteiger partial charge on any atom is -0.393 e. The number of rotatable bonds is 10. The van der Waals surface area contributed by atoms with Crippen LogP contribution in [0.25, 0.3) is 0 Å². The minimum absolute atomic E-state index is 0.244. The van der Waals surface area contributed by atoms with E-state index in [1.807, 2.05) is 12.1 Å². The summed E-state index contributed by atoms with van der Waals surface area (Å²) < 4.78 is 0. The molecule has 0 amide bonds. The largest absolute Gasteiger partial charge is 0.393 e. The summed E-state index contributed by atoms with van der Waals surface area (Å²) in [6.45, 7) is 2.67. The molecule has 2 nitrogen and oxygen atoms in total. The van der Waals surface area contributed by atoms with E-state index in [2.05, 4.69) is 49.1 Å². The molecular weight excluding hydrogens is 282 g/mol. The highest BCUT2D eigenvalue weighted by Gasteiger charge is 2.12. The van der Waals surface area contributed by atoms with Crippen LogP contribution in [0.5, 0.6) is 0 Å². The molecule has 0 bridgehead atoms. The molecule has 0 heterocycles. The Bertz CT molecular complexity index is 484. The van der Waals surface area contributed by atoms with Crippen molar-refractivity contribution in [3.05, 3.63) is 48.0 Å². The van der Waals surface area contributed by atoms with Crippen molar-refractivity contribution >= 4 is 0 Å². The van der Waals surface area contributed by atoms with Gasteiger partial charge >= 0.3 is 0 Å². The Labute approximate surface area is 141 Å². The van der Waals surface area contributed by atoms with Gasteiger partial charge in [-0.15, -0.1) is 0 Å². The number of allylic oxidation sites excluding steroid dienone is 2. The molecule has 2 atom stereocenters. The summed E-state index contributed by atoms with van der Waals surface area (Å²) in [6, 6.07) is 10.5. The lowest BCUT2D eigenvalue weighted by atomic mass is 9.95. The van der Waals surface area contributed by atoms with Crippen molar-refractivity contribution in [3.63, 3.8) is 0 Å². The summed E-state index contributed by atoms with van der Waals surface area (Å²) >= 11 is 0. The fourth-order valence-corrected chi connectivity index (χ4v) is 2.50. The molecule has 3 N–H and O–H groups in total. The third-order valence-electron chi connectivity index (χ3n) is 4.08. The van der Waals surface area contributed by atoms with Gasteiger partial charge in [-0.05, 0) is 56.2 Å². The summed E-state index contributed by atoms with van der Waals surface area (Å²) in [5.74, 6) is 6.64. The van der Waals surface area contributed by atoms with Crippen molar-refractivity contribution in [2.45, 2.75) is 58.0 Å². The normalized spacial score (nSPS) is 13.5. The number of hydrogen-bond donors (Lipinski definition) is 2. The van der Waals surface area contributed by atoms with Gasteiger partial charge in [0.25, 0.3) is 0 Å². The van der Waals surface area contributed by atoms with Crippen LogP contribution in [0, 0.1) is 17.8 Å². The molecule has 0 saturated heterocycles. The van der Waals surface area contributed by atoms with E-state index in [-0.39, 0.29) is 6.10 Å². The maximum Gasteiger partial charge on any atom is 0.0577 e. The van der Waals surface area contributed by atoms with Gasteiger partial charge in [-0.2, -0.15) is 0 Å². The van der Waals surface area contributed by atoms with Crippen molar-refractivity contribution in [2.24, 2.45) is 11.7 Å². The molecule has 23 heavy (non-hydrogen) atoms. The first kappa shape index (κ1) is 19.5. The van der Waals surface area contributed by atoms with E-state index in [0.717, 1.165) is 38.5 Å². The average Bonchev–Trinajstić information content (AvgIpc) is 2.57. The van der Waals surface area contributed by atoms with E-state index in [1.54, 1.807) is 0 Å². The van der Waals surface area contributed by atoms with E-state index in [0.29, 0.717) is 18.9 Å². The van der Waals surface area contributed by atoms with Gasteiger partial charge in [-0.3, -0.25) is 0 Å². The molecule has 1 aromatic carbocycles. The van der Waals surface area contributed by atoms with Crippen LogP contribution >= 0.6 is 0 Å². The van der Waals surface area contributed by atoms with E-state index in [1.165, 1.54) is 5.56 Å². The SMILES string of the molecule is CC(CCCCC=CC#CCCc1ccccc1)C(O)CCN. The van der Waals surface area contributed by atoms with Gasteiger partial charge in [-0.1, -0.05) is 61.6 Å². The minimum atomic E-state index is -0.244. The van der Waals surface area contributed by atoms with Gasteiger partial charge in [0.15, 0.2) is 0 Å². The first-order valence-electron chi connectivity index (χ1n) is 8.79. The summed E-state index contributed by atoms with van der Waals surface area (Å²) in [4.78, 5) is 0. The van der Waals surface area contributed by atoms with Crippen LogP contribution in [0.15, 0.2) is 42.5 Å². The molecule has 0 aliphatic heterocycles. The Kier molecular flexibility index (Phi) is 11.0. The summed E-state index contributed by atoms with van der Waals surface area (Å²) in [7, 11) is 0. The van der Waals surface area contributed by atoms with Gasteiger partial charge in [0.05, 0.1) is 6.10 Å². The Hall–Kier alpha value is -1.56. The van der Waals surface area contributed by atoms with Crippen LogP contribution in [0.2, 0.25) is 0 Å². The van der Waals surface area contributed by atoms with Crippen molar-refractivity contribution in [1.82, 2.24) is 0 Å². The van der Waals surface area contributed by atoms with Gasteiger partial charge in [0, 0.05) is 6.42 Å². The lowest BCUT2D eigenvalue weighted by Crippen LogP contribution is -2.21. The van der Waals surface area contributed by atoms with Gasteiger partial charge in [-0.25, -0.2) is 0 Å². The second kappa shape index (κ2) is 12.9. The molecule has 0 fully saturated rings. The van der Waals surface area contributed by atoms with Gasteiger partial charge < -0.3 is 10.8 Å². The summed E-state index contributed by atoms with van der Waals surface area (Å²) in [5, 5.41) is 9.81. The molecule has 0 aliphatic carbocycles. The highest BCUT2D eigenvalue weighted by atomic mass is 16.3. The zero-order valence-corrected chi connectivity index (χ0v) is 14.4. The zero-order valence-electron chi connectivity index (χ0n) is 14.4. The molecule has 0 spiro atoms. The van der Waals surface area contributed by atoms with Crippen LogP contribution in [0.4, 0.5) is 0 Å². The third kappa shape index (κ3) is 9.94. The molecule has 2 heteroatoms. The van der Waals surface area contributed by atoms with Gasteiger partial charge in [0.1, 0.15) is 0 Å². The monoisotopic (exact) mass is 313 g/mol. The second-order valence-electron chi connectivity index (χ2n) is 6.12. The Morgan fingerprint density at radius 3 is 2.70 bits per heavy atom. The highest BCUT2D eigenvalue weighted by Crippen LogP contribution is 2.15. The molecule has 0 saturated carbocycles. The topological polar surface area (TPSA) is 46.2 Å². The number of hydrogen-bond acceptors (Lipinski definition) is 2. The van der Waals surface area contributed by atoms with Gasteiger partial charge in [0.2, 0.25) is 0 Å². The number of nitrogens with two attached hydrogens (primary N) is 1. The van der Waals surface area contributed by atoms with Crippen molar-refractivity contribution < 1.29 is 5.11 Å². The maximum atomic E-state index is 9.81. The van der Waals surface area contributed by atoms with E-state index >= 15 is 0 Å². The number of aryl methyl sites for hydroxylation is 1. The average molecular weight is 313 g/mol. The predicted molar refractivity (Wildman–Crippen MR) is 99.0 cm³/mol. The molecule has 1 aromatic rings. The van der Waals surface area contributed by atoms with Crippen LogP contribution in [0.1, 0.15) is 51.0 Å². The lowest BCUT2D eigenvalue weighted by Gasteiger charge is -2.17. The van der Waals surface area contributed by atoms with Crippen LogP contribution in [-0.4, -0.2) is 17.8 Å². The summed E-state index contributed by atoms with van der Waals surface area (Å²) in [5.41, 5.74) is 6.81. The van der Waals surface area contributed by atoms with E-state index in [4.69, 9.17) is 5.73 Å². The fourth-order valence-electron chi connectivity index (χ4n) is 2.50. The molecule has 126 valence electrons. The Morgan fingerprint density at radius 2 is 1.96 bits per heavy atom. The predicted octanol–water partition coefficient (Wildman–Crippen LogP) is 4.09. The molecule has 0 aromatic heterocycles. The molecule has 1 rings (SSSR count). The van der Waals surface area contributed by atoms with Crippen molar-refractivity contribution in [2.75, 3.05) is 6.54 Å². The third-order valence-corrected chi connectivity index (χ3v) is 4.08. The first-order valence-corrected chi connectivity index (χ1v) is 8.79. The van der Waals surface area contributed by atoms with Crippen molar-refractivity contribution in [1.29, 1.82) is 0 Å². The van der Waals surface area contributed by atoms with Crippen LogP contribution in [0.3, 0.4) is 0 Å². The number of unbranched alkanes of at least 4 members (excludes halogenated alkanes) is 2. The highest BCUT2D eigenvalue weighted by molar-refractivity contribution is 5.19. The Balaban J connectivity index is 2.03. The summed E-state index contributed by atoms with van der Waals surface area (Å²) in [6.07, 6.45) is 10.9. The Morgan fingerprint density at radius 1 is 1.17 bits per heavy atom. The van der Waals surface area contributed by atoms with E-state index < -0.39 is 0 Å². The first-order chi connectivity index (χ1) is 11.2. The molecule has 2 unspecified atom stereocenters. The number of aliphatic hydroxyl groups excluding tert-OH is 1. The lowest BCUT2D eigenvalue weighted by molar-refractivity contribution is 0.104. The second-order valence-corrected chi connectivity index (χ2v) is 6.12. The van der Waals surface area contributed by atoms with Crippen LogP contribution in [-0.2, 0) is 6.42 Å². The molecule has 0 aliphatic rings. The van der Waals surface area contributed by atoms with Crippen molar-refractivity contribution in [3.8, 4) is 11.8 Å². The quantitative estimate of drug-likeness (QED) is 0.505. The fraction of sp³-hybridized carbons (Fsp3) is 0.524. The van der Waals surface area contributed by atoms with E-state index in [9.17, 15) is 5.11 Å².